The van der Waals surface area contributed by atoms with Crippen LogP contribution in [0.5, 0.6) is 5.75 Å². The number of methoxy groups -OCH3 is 1. The third-order valence-electron chi connectivity index (χ3n) is 4.44. The van der Waals surface area contributed by atoms with Gasteiger partial charge in [-0.25, -0.2) is 0 Å². The first-order valence-electron chi connectivity index (χ1n) is 9.42. The molecule has 150 valence electrons. The largest absolute Gasteiger partial charge is 0.497 e. The van der Waals surface area contributed by atoms with Gasteiger partial charge in [-0.05, 0) is 35.4 Å². The van der Waals surface area contributed by atoms with Gasteiger partial charge in [-0.2, -0.15) is 0 Å². The van der Waals surface area contributed by atoms with E-state index in [4.69, 9.17) is 9.47 Å². The monoisotopic (exact) mass is 392 g/mol. The summed E-state index contributed by atoms with van der Waals surface area (Å²) in [5.74, 6) is 0.124. The Labute approximate surface area is 170 Å². The SMILES string of the molecule is COc1ccc(C=C(NC(=O)C=Cc2ccccc2)C(=O)N2CCOCC2)cc1. The summed E-state index contributed by atoms with van der Waals surface area (Å²) in [7, 11) is 1.59. The Bertz CT molecular complexity index is 883. The second kappa shape index (κ2) is 10.2. The van der Waals surface area contributed by atoms with Gasteiger partial charge in [0, 0.05) is 19.2 Å². The second-order valence-electron chi connectivity index (χ2n) is 6.47. The van der Waals surface area contributed by atoms with E-state index in [1.807, 2.05) is 42.5 Å². The number of rotatable bonds is 6. The van der Waals surface area contributed by atoms with Crippen LogP contribution in [0.2, 0.25) is 0 Å². The first-order valence-corrected chi connectivity index (χ1v) is 9.42. The van der Waals surface area contributed by atoms with Crippen molar-refractivity contribution < 1.29 is 19.1 Å². The highest BCUT2D eigenvalue weighted by Gasteiger charge is 2.21. The molecule has 1 aliphatic heterocycles. The summed E-state index contributed by atoms with van der Waals surface area (Å²) < 4.78 is 10.5. The highest BCUT2D eigenvalue weighted by atomic mass is 16.5. The molecule has 2 aromatic carbocycles. The summed E-state index contributed by atoms with van der Waals surface area (Å²) >= 11 is 0. The van der Waals surface area contributed by atoms with E-state index in [2.05, 4.69) is 5.32 Å². The number of hydrogen-bond acceptors (Lipinski definition) is 4. The molecule has 0 saturated carbocycles. The molecule has 0 aromatic heterocycles. The molecule has 0 spiro atoms. The molecule has 6 heteroatoms. The van der Waals surface area contributed by atoms with E-state index in [1.54, 1.807) is 36.3 Å². The normalized spacial score (nSPS) is 14.7. The van der Waals surface area contributed by atoms with Gasteiger partial charge in [0.25, 0.3) is 5.91 Å². The van der Waals surface area contributed by atoms with E-state index in [1.165, 1.54) is 6.08 Å². The minimum absolute atomic E-state index is 0.222. The van der Waals surface area contributed by atoms with Crippen LogP contribution in [0.1, 0.15) is 11.1 Å². The molecule has 2 aromatic rings. The van der Waals surface area contributed by atoms with Gasteiger partial charge in [0.1, 0.15) is 11.4 Å². The van der Waals surface area contributed by atoms with Crippen LogP contribution in [0.15, 0.2) is 66.4 Å². The smallest absolute Gasteiger partial charge is 0.270 e. The molecule has 0 atom stereocenters. The number of carbonyl (C=O) groups excluding carboxylic acids is 2. The van der Waals surface area contributed by atoms with Crippen LogP contribution < -0.4 is 10.1 Å². The van der Waals surface area contributed by atoms with Gasteiger partial charge >= 0.3 is 0 Å². The van der Waals surface area contributed by atoms with Gasteiger partial charge in [-0.3, -0.25) is 9.59 Å². The van der Waals surface area contributed by atoms with Gasteiger partial charge in [0.2, 0.25) is 5.91 Å². The average Bonchev–Trinajstić information content (AvgIpc) is 2.78. The maximum atomic E-state index is 13.0. The summed E-state index contributed by atoms with van der Waals surface area (Å²) in [6, 6.07) is 16.8. The van der Waals surface area contributed by atoms with Crippen LogP contribution in [0.25, 0.3) is 12.2 Å². The first kappa shape index (κ1) is 20.4. The predicted molar refractivity (Wildman–Crippen MR) is 112 cm³/mol. The fourth-order valence-electron chi connectivity index (χ4n) is 2.87. The first-order chi connectivity index (χ1) is 14.2. The van der Waals surface area contributed by atoms with E-state index in [-0.39, 0.29) is 17.5 Å². The lowest BCUT2D eigenvalue weighted by molar-refractivity contribution is -0.132. The molecule has 6 nitrogen and oxygen atoms in total. The Morgan fingerprint density at radius 1 is 1.00 bits per heavy atom. The molecule has 1 N–H and O–H groups in total. The zero-order valence-corrected chi connectivity index (χ0v) is 16.3. The third-order valence-corrected chi connectivity index (χ3v) is 4.44. The van der Waals surface area contributed by atoms with Crippen LogP contribution >= 0.6 is 0 Å². The zero-order chi connectivity index (χ0) is 20.5. The van der Waals surface area contributed by atoms with E-state index >= 15 is 0 Å². The highest BCUT2D eigenvalue weighted by molar-refractivity contribution is 6.04. The Balaban J connectivity index is 1.79. The standard InChI is InChI=1S/C23H24N2O4/c1-28-20-10-7-19(8-11-20)17-21(23(27)25-13-15-29-16-14-25)24-22(26)12-9-18-5-3-2-4-6-18/h2-12,17H,13-16H2,1H3,(H,24,26). The molecule has 0 aliphatic carbocycles. The van der Waals surface area contributed by atoms with Crippen molar-refractivity contribution in [2.75, 3.05) is 33.4 Å². The number of morpholine rings is 1. The molecular weight excluding hydrogens is 368 g/mol. The van der Waals surface area contributed by atoms with Crippen LogP contribution in [-0.2, 0) is 14.3 Å². The number of benzene rings is 2. The molecule has 0 bridgehead atoms. The number of amides is 2. The summed E-state index contributed by atoms with van der Waals surface area (Å²) in [4.78, 5) is 27.1. The molecule has 1 aliphatic rings. The minimum atomic E-state index is -0.366. The van der Waals surface area contributed by atoms with Crippen molar-refractivity contribution in [3.8, 4) is 5.75 Å². The molecule has 1 fully saturated rings. The van der Waals surface area contributed by atoms with Crippen LogP contribution in [0.3, 0.4) is 0 Å². The maximum absolute atomic E-state index is 13.0. The number of nitrogens with one attached hydrogen (secondary N) is 1. The summed E-state index contributed by atoms with van der Waals surface area (Å²) in [5.41, 5.74) is 1.91. The summed E-state index contributed by atoms with van der Waals surface area (Å²) in [6.07, 6.45) is 4.80. The molecule has 1 saturated heterocycles. The fraction of sp³-hybridized carbons (Fsp3) is 0.217. The Morgan fingerprint density at radius 3 is 2.34 bits per heavy atom. The molecule has 0 radical (unpaired) electrons. The van der Waals surface area contributed by atoms with E-state index in [0.29, 0.717) is 26.3 Å². The lowest BCUT2D eigenvalue weighted by Crippen LogP contribution is -2.44. The van der Waals surface area contributed by atoms with Gasteiger partial charge < -0.3 is 19.7 Å². The summed E-state index contributed by atoms with van der Waals surface area (Å²) in [5, 5.41) is 2.73. The highest BCUT2D eigenvalue weighted by Crippen LogP contribution is 2.15. The number of carbonyl (C=O) groups is 2. The molecule has 1 heterocycles. The van der Waals surface area contributed by atoms with E-state index < -0.39 is 0 Å². The Morgan fingerprint density at radius 2 is 1.69 bits per heavy atom. The van der Waals surface area contributed by atoms with Crippen molar-refractivity contribution in [3.63, 3.8) is 0 Å². The van der Waals surface area contributed by atoms with Gasteiger partial charge in [0.05, 0.1) is 20.3 Å². The Hall–Kier alpha value is -3.38. The van der Waals surface area contributed by atoms with Crippen molar-refractivity contribution in [2.24, 2.45) is 0 Å². The van der Waals surface area contributed by atoms with Crippen molar-refractivity contribution in [1.29, 1.82) is 0 Å². The number of hydrogen-bond donors (Lipinski definition) is 1. The van der Waals surface area contributed by atoms with Gasteiger partial charge in [0.15, 0.2) is 0 Å². The topological polar surface area (TPSA) is 67.9 Å². The number of nitrogens with zero attached hydrogens (tertiary/aromatic N) is 1. The molecule has 3 rings (SSSR count). The summed E-state index contributed by atoms with van der Waals surface area (Å²) in [6.45, 7) is 1.97. The van der Waals surface area contributed by atoms with E-state index in [0.717, 1.165) is 16.9 Å². The van der Waals surface area contributed by atoms with Crippen molar-refractivity contribution in [1.82, 2.24) is 10.2 Å². The number of ether oxygens (including phenoxy) is 2. The maximum Gasteiger partial charge on any atom is 0.270 e. The predicted octanol–water partition coefficient (Wildman–Crippen LogP) is 2.72. The molecular formula is C23H24N2O4. The lowest BCUT2D eigenvalue weighted by Gasteiger charge is -2.27. The molecule has 29 heavy (non-hydrogen) atoms. The lowest BCUT2D eigenvalue weighted by atomic mass is 10.1. The van der Waals surface area contributed by atoms with Gasteiger partial charge in [-0.1, -0.05) is 42.5 Å². The van der Waals surface area contributed by atoms with Crippen molar-refractivity contribution in [3.05, 3.63) is 77.5 Å². The fourth-order valence-corrected chi connectivity index (χ4v) is 2.87. The average molecular weight is 392 g/mol. The second-order valence-corrected chi connectivity index (χ2v) is 6.47. The van der Waals surface area contributed by atoms with Crippen molar-refractivity contribution in [2.45, 2.75) is 0 Å². The van der Waals surface area contributed by atoms with Crippen molar-refractivity contribution >= 4 is 24.0 Å². The van der Waals surface area contributed by atoms with Crippen LogP contribution in [-0.4, -0.2) is 50.1 Å². The van der Waals surface area contributed by atoms with Crippen LogP contribution in [0, 0.1) is 0 Å². The van der Waals surface area contributed by atoms with Gasteiger partial charge in [-0.15, -0.1) is 0 Å². The van der Waals surface area contributed by atoms with E-state index in [9.17, 15) is 9.59 Å². The zero-order valence-electron chi connectivity index (χ0n) is 16.3. The third kappa shape index (κ3) is 6.05. The Kier molecular flexibility index (Phi) is 7.19. The molecule has 2 amide bonds. The molecule has 0 unspecified atom stereocenters. The van der Waals surface area contributed by atoms with Crippen LogP contribution in [0.4, 0.5) is 0 Å². The minimum Gasteiger partial charge on any atom is -0.497 e. The quantitative estimate of drug-likeness (QED) is 0.768.